The van der Waals surface area contributed by atoms with Gasteiger partial charge in [-0.25, -0.2) is 13.2 Å². The zero-order chi connectivity index (χ0) is 22.6. The van der Waals surface area contributed by atoms with E-state index in [1.165, 1.54) is 12.1 Å². The van der Waals surface area contributed by atoms with Crippen molar-refractivity contribution in [3.8, 4) is 0 Å². The first-order chi connectivity index (χ1) is 14.6. The number of benzene rings is 3. The van der Waals surface area contributed by atoms with Gasteiger partial charge in [-0.3, -0.25) is 4.79 Å². The van der Waals surface area contributed by atoms with Crippen LogP contribution in [0.3, 0.4) is 0 Å². The number of sulfone groups is 1. The molecule has 0 bridgehead atoms. The number of urea groups is 1. The lowest BCUT2D eigenvalue weighted by Crippen LogP contribution is -2.20. The summed E-state index contributed by atoms with van der Waals surface area (Å²) in [6.45, 7) is 3.56. The Balaban J connectivity index is 1.78. The first kappa shape index (κ1) is 22.0. The maximum Gasteiger partial charge on any atom is 0.323 e. The van der Waals surface area contributed by atoms with Gasteiger partial charge in [0, 0.05) is 28.9 Å². The third-order valence-electron chi connectivity index (χ3n) is 4.66. The van der Waals surface area contributed by atoms with Gasteiger partial charge in [0.15, 0.2) is 9.84 Å². The second-order valence-corrected chi connectivity index (χ2v) is 9.19. The normalized spacial score (nSPS) is 10.9. The largest absolute Gasteiger partial charge is 0.323 e. The van der Waals surface area contributed by atoms with Gasteiger partial charge in [-0.1, -0.05) is 30.3 Å². The highest BCUT2D eigenvalue weighted by Gasteiger charge is 2.16. The number of para-hydroxylation sites is 1. The molecule has 0 saturated carbocycles. The SMILES string of the molecule is Cc1ccc(NC(=O)Nc2ccccc2)cc1NC(=O)c1cc(S(C)(=O)=O)ccc1C. The van der Waals surface area contributed by atoms with Crippen LogP contribution in [0.1, 0.15) is 21.5 Å². The average Bonchev–Trinajstić information content (AvgIpc) is 2.70. The van der Waals surface area contributed by atoms with Crippen molar-refractivity contribution < 1.29 is 18.0 Å². The van der Waals surface area contributed by atoms with E-state index >= 15 is 0 Å². The van der Waals surface area contributed by atoms with Crippen molar-refractivity contribution in [2.45, 2.75) is 18.7 Å². The molecule has 0 aliphatic carbocycles. The molecule has 3 N–H and O–H groups in total. The first-order valence-electron chi connectivity index (χ1n) is 9.49. The van der Waals surface area contributed by atoms with E-state index in [2.05, 4.69) is 16.0 Å². The molecule has 3 amide bonds. The molecule has 0 unspecified atom stereocenters. The lowest BCUT2D eigenvalue weighted by Gasteiger charge is -2.13. The lowest BCUT2D eigenvalue weighted by molar-refractivity contribution is 0.102. The monoisotopic (exact) mass is 437 g/mol. The smallest absolute Gasteiger partial charge is 0.322 e. The van der Waals surface area contributed by atoms with Gasteiger partial charge in [-0.15, -0.1) is 0 Å². The maximum absolute atomic E-state index is 12.8. The van der Waals surface area contributed by atoms with Gasteiger partial charge in [0.1, 0.15) is 0 Å². The molecule has 3 aromatic rings. The summed E-state index contributed by atoms with van der Waals surface area (Å²) in [5, 5.41) is 8.26. The summed E-state index contributed by atoms with van der Waals surface area (Å²) in [5.41, 5.74) is 3.37. The van der Waals surface area contributed by atoms with Crippen LogP contribution in [-0.4, -0.2) is 26.6 Å². The van der Waals surface area contributed by atoms with E-state index in [4.69, 9.17) is 0 Å². The van der Waals surface area contributed by atoms with E-state index in [0.29, 0.717) is 22.6 Å². The number of anilines is 3. The van der Waals surface area contributed by atoms with Crippen LogP contribution in [-0.2, 0) is 9.84 Å². The number of hydrogen-bond acceptors (Lipinski definition) is 4. The minimum atomic E-state index is -3.44. The maximum atomic E-state index is 12.8. The highest BCUT2D eigenvalue weighted by Crippen LogP contribution is 2.23. The third kappa shape index (κ3) is 5.70. The van der Waals surface area contributed by atoms with Gasteiger partial charge in [0.25, 0.3) is 5.91 Å². The van der Waals surface area contributed by atoms with Crippen molar-refractivity contribution in [1.82, 2.24) is 0 Å². The van der Waals surface area contributed by atoms with Gasteiger partial charge in [0.05, 0.1) is 4.90 Å². The molecule has 0 saturated heterocycles. The Morgan fingerprint density at radius 3 is 2.06 bits per heavy atom. The number of amides is 3. The molecule has 0 heterocycles. The van der Waals surface area contributed by atoms with E-state index in [1.807, 2.05) is 25.1 Å². The standard InChI is InChI=1S/C23H23N3O4S/c1-15-10-12-19(31(3,29)30)14-20(15)22(27)26-21-13-18(11-9-16(21)2)25-23(28)24-17-7-5-4-6-8-17/h4-14H,1-3H3,(H,26,27)(H2,24,25,28). The Bertz CT molecular complexity index is 1240. The van der Waals surface area contributed by atoms with Crippen molar-refractivity contribution in [3.05, 3.63) is 83.4 Å². The molecule has 0 atom stereocenters. The van der Waals surface area contributed by atoms with Gasteiger partial charge in [0.2, 0.25) is 0 Å². The summed E-state index contributed by atoms with van der Waals surface area (Å²) >= 11 is 0. The molecule has 0 aromatic heterocycles. The van der Waals surface area contributed by atoms with Crippen LogP contribution in [0.2, 0.25) is 0 Å². The molecule has 160 valence electrons. The summed E-state index contributed by atoms with van der Waals surface area (Å²) < 4.78 is 23.7. The Labute approximate surface area is 181 Å². The number of aryl methyl sites for hydroxylation is 2. The van der Waals surface area contributed by atoms with Crippen LogP contribution >= 0.6 is 0 Å². The molecule has 8 heteroatoms. The Morgan fingerprint density at radius 1 is 0.742 bits per heavy atom. The molecule has 31 heavy (non-hydrogen) atoms. The van der Waals surface area contributed by atoms with Crippen LogP contribution in [0.25, 0.3) is 0 Å². The highest BCUT2D eigenvalue weighted by atomic mass is 32.2. The molecule has 0 radical (unpaired) electrons. The van der Waals surface area contributed by atoms with Crippen LogP contribution in [0, 0.1) is 13.8 Å². The van der Waals surface area contributed by atoms with Gasteiger partial charge in [-0.2, -0.15) is 0 Å². The van der Waals surface area contributed by atoms with Gasteiger partial charge in [-0.05, 0) is 61.4 Å². The Morgan fingerprint density at radius 2 is 1.39 bits per heavy atom. The molecule has 3 rings (SSSR count). The number of hydrogen-bond donors (Lipinski definition) is 3. The predicted octanol–water partition coefficient (Wildman–Crippen LogP) is 4.60. The molecule has 7 nitrogen and oxygen atoms in total. The number of carbonyl (C=O) groups excluding carboxylic acids is 2. The average molecular weight is 438 g/mol. The Hall–Kier alpha value is -3.65. The van der Waals surface area contributed by atoms with Crippen LogP contribution < -0.4 is 16.0 Å². The van der Waals surface area contributed by atoms with Crippen molar-refractivity contribution in [1.29, 1.82) is 0 Å². The molecule has 0 aliphatic heterocycles. The van der Waals surface area contributed by atoms with Crippen molar-refractivity contribution >= 4 is 38.8 Å². The first-order valence-corrected chi connectivity index (χ1v) is 11.4. The van der Waals surface area contributed by atoms with Crippen LogP contribution in [0.5, 0.6) is 0 Å². The van der Waals surface area contributed by atoms with Crippen molar-refractivity contribution in [2.75, 3.05) is 22.2 Å². The zero-order valence-corrected chi connectivity index (χ0v) is 18.2. The van der Waals surface area contributed by atoms with E-state index in [0.717, 1.165) is 11.8 Å². The fourth-order valence-corrected chi connectivity index (χ4v) is 3.56. The molecular formula is C23H23N3O4S. The molecule has 0 spiro atoms. The second kappa shape index (κ2) is 9.01. The molecule has 3 aromatic carbocycles. The highest BCUT2D eigenvalue weighted by molar-refractivity contribution is 7.90. The fraction of sp³-hybridized carbons (Fsp3) is 0.130. The minimum Gasteiger partial charge on any atom is -0.322 e. The van der Waals surface area contributed by atoms with E-state index in [-0.39, 0.29) is 10.5 Å². The van der Waals surface area contributed by atoms with Crippen LogP contribution in [0.4, 0.5) is 21.9 Å². The van der Waals surface area contributed by atoms with Crippen LogP contribution in [0.15, 0.2) is 71.6 Å². The van der Waals surface area contributed by atoms with Crippen molar-refractivity contribution in [3.63, 3.8) is 0 Å². The fourth-order valence-electron chi connectivity index (χ4n) is 2.92. The van der Waals surface area contributed by atoms with E-state index < -0.39 is 21.8 Å². The summed E-state index contributed by atoms with van der Waals surface area (Å²) in [6.07, 6.45) is 1.10. The molecule has 0 aliphatic rings. The van der Waals surface area contributed by atoms with Gasteiger partial charge < -0.3 is 16.0 Å². The summed E-state index contributed by atoms with van der Waals surface area (Å²) in [7, 11) is -3.44. The number of nitrogens with one attached hydrogen (secondary N) is 3. The third-order valence-corrected chi connectivity index (χ3v) is 5.77. The number of carbonyl (C=O) groups is 2. The van der Waals surface area contributed by atoms with Crippen molar-refractivity contribution in [2.24, 2.45) is 0 Å². The van der Waals surface area contributed by atoms with E-state index in [1.54, 1.807) is 43.3 Å². The van der Waals surface area contributed by atoms with Gasteiger partial charge >= 0.3 is 6.03 Å². The quantitative estimate of drug-likeness (QED) is 0.542. The lowest BCUT2D eigenvalue weighted by atomic mass is 10.1. The minimum absolute atomic E-state index is 0.0768. The predicted molar refractivity (Wildman–Crippen MR) is 123 cm³/mol. The molecule has 0 fully saturated rings. The number of rotatable bonds is 5. The summed E-state index contributed by atoms with van der Waals surface area (Å²) in [5.74, 6) is -0.433. The summed E-state index contributed by atoms with van der Waals surface area (Å²) in [4.78, 5) is 25.1. The Kier molecular flexibility index (Phi) is 6.41. The molecular weight excluding hydrogens is 414 g/mol. The second-order valence-electron chi connectivity index (χ2n) is 7.18. The van der Waals surface area contributed by atoms with E-state index in [9.17, 15) is 18.0 Å². The topological polar surface area (TPSA) is 104 Å². The summed E-state index contributed by atoms with van der Waals surface area (Å²) in [6, 6.07) is 18.2. The zero-order valence-electron chi connectivity index (χ0n) is 17.4.